The van der Waals surface area contributed by atoms with E-state index in [9.17, 15) is 48.9 Å². The predicted octanol–water partition coefficient (Wildman–Crippen LogP) is -3.90. The summed E-state index contributed by atoms with van der Waals surface area (Å²) >= 11 is 0. The minimum absolute atomic E-state index is 0.194. The van der Waals surface area contributed by atoms with Crippen LogP contribution in [0.1, 0.15) is 40.1 Å². The number of aromatic nitrogens is 2. The van der Waals surface area contributed by atoms with E-state index >= 15 is 0 Å². The van der Waals surface area contributed by atoms with Gasteiger partial charge in [0.15, 0.2) is 37.0 Å². The molecular weight excluding hydrogens is 678 g/mol. The number of carbonyl (C=O) groups is 2. The van der Waals surface area contributed by atoms with Gasteiger partial charge < -0.3 is 68.0 Å². The topological polar surface area (TPSA) is 299 Å². The van der Waals surface area contributed by atoms with Crippen molar-refractivity contribution in [3.8, 4) is 0 Å². The molecule has 2 aromatic heterocycles. The molecule has 20 nitrogen and oxygen atoms in total. The van der Waals surface area contributed by atoms with Crippen LogP contribution in [0.2, 0.25) is 0 Å². The highest BCUT2D eigenvalue weighted by atomic mass is 31.2. The summed E-state index contributed by atoms with van der Waals surface area (Å²) in [6, 6.07) is 6.03. The van der Waals surface area contributed by atoms with E-state index in [-0.39, 0.29) is 17.7 Å². The Morgan fingerprint density at radius 1 is 0.787 bits per heavy atom. The van der Waals surface area contributed by atoms with Crippen LogP contribution in [0, 0.1) is 0 Å². The Hall–Kier alpha value is -2.78. The van der Waals surface area contributed by atoms with Gasteiger partial charge >= 0.3 is 11.9 Å². The smallest absolute Gasteiger partial charge is 0.344 e. The van der Waals surface area contributed by atoms with E-state index in [2.05, 4.69) is 13.8 Å². The fourth-order valence-electron chi connectivity index (χ4n) is 4.44. The molecule has 6 N–H and O–H groups in total. The summed E-state index contributed by atoms with van der Waals surface area (Å²) in [4.78, 5) is 61.6. The van der Waals surface area contributed by atoms with Crippen LogP contribution in [0.15, 0.2) is 49.1 Å². The molecule has 2 aliphatic rings. The van der Waals surface area contributed by atoms with Gasteiger partial charge in [-0.15, -0.1) is 0 Å². The number of rotatable bonds is 11. The van der Waals surface area contributed by atoms with Crippen molar-refractivity contribution in [3.63, 3.8) is 0 Å². The number of esters is 2. The fourth-order valence-corrected chi connectivity index (χ4v) is 5.11. The van der Waals surface area contributed by atoms with E-state index < -0.39 is 89.9 Å². The van der Waals surface area contributed by atoms with Crippen molar-refractivity contribution in [2.75, 3.05) is 26.9 Å². The maximum atomic E-state index is 11.7. The van der Waals surface area contributed by atoms with Crippen molar-refractivity contribution in [2.24, 2.45) is 0 Å². The van der Waals surface area contributed by atoms with Crippen LogP contribution in [0.25, 0.3) is 0 Å². The van der Waals surface area contributed by atoms with Crippen LogP contribution < -0.4 is 18.9 Å². The first-order chi connectivity index (χ1) is 22.0. The second-order valence-corrected chi connectivity index (χ2v) is 12.3. The first kappa shape index (κ1) is 38.7. The van der Waals surface area contributed by atoms with Crippen molar-refractivity contribution in [1.29, 1.82) is 0 Å². The summed E-state index contributed by atoms with van der Waals surface area (Å²) in [5.74, 6) is -1.16. The highest BCUT2D eigenvalue weighted by Crippen LogP contribution is 2.35. The summed E-state index contributed by atoms with van der Waals surface area (Å²) in [7, 11) is -8.73. The Kier molecular flexibility index (Phi) is 13.6. The van der Waals surface area contributed by atoms with Gasteiger partial charge in [0.1, 0.15) is 35.5 Å². The van der Waals surface area contributed by atoms with Gasteiger partial charge in [0.2, 0.25) is 0 Å². The molecule has 22 heteroatoms. The van der Waals surface area contributed by atoms with Crippen molar-refractivity contribution in [3.05, 3.63) is 60.2 Å². The third-order valence-corrected chi connectivity index (χ3v) is 7.59. The van der Waals surface area contributed by atoms with Gasteiger partial charge in [0, 0.05) is 12.1 Å². The highest BCUT2D eigenvalue weighted by Gasteiger charge is 2.49. The minimum atomic E-state index is -4.98. The zero-order valence-electron chi connectivity index (χ0n) is 24.7. The Labute approximate surface area is 266 Å². The van der Waals surface area contributed by atoms with Crippen LogP contribution in [-0.4, -0.2) is 106 Å². The van der Waals surface area contributed by atoms with E-state index in [1.54, 1.807) is 6.92 Å². The summed E-state index contributed by atoms with van der Waals surface area (Å²) in [6.07, 6.45) is -4.50. The molecule has 10 atom stereocenters. The van der Waals surface area contributed by atoms with Crippen molar-refractivity contribution in [1.82, 2.24) is 0 Å². The third-order valence-electron chi connectivity index (χ3n) is 6.64. The van der Waals surface area contributed by atoms with Crippen LogP contribution in [0.5, 0.6) is 0 Å². The number of ether oxygens (including phenoxy) is 4. The molecule has 2 saturated heterocycles. The second-order valence-electron chi connectivity index (χ2n) is 9.91. The van der Waals surface area contributed by atoms with Crippen LogP contribution in [0.4, 0.5) is 0 Å². The van der Waals surface area contributed by atoms with Crippen LogP contribution in [-0.2, 0) is 37.1 Å². The van der Waals surface area contributed by atoms with Gasteiger partial charge in [-0.05, 0) is 19.1 Å². The molecular formula is C25H34N2O18P2. The molecule has 2 aromatic rings. The molecule has 4 unspecified atom stereocenters. The number of nitrogens with zero attached hydrogens (tertiary/aromatic N) is 2. The van der Waals surface area contributed by atoms with Gasteiger partial charge in [0.25, 0.3) is 28.1 Å². The predicted molar refractivity (Wildman–Crippen MR) is 144 cm³/mol. The Balaban J connectivity index is 0.000000256. The maximum absolute atomic E-state index is 11.7. The summed E-state index contributed by atoms with van der Waals surface area (Å²) in [5.41, 5.74) is 0.406. The monoisotopic (exact) mass is 712 g/mol. The van der Waals surface area contributed by atoms with E-state index in [1.807, 2.05) is 0 Å². The molecule has 2 fully saturated rings. The average Bonchev–Trinajstić information content (AvgIpc) is 3.47. The number of phosphoric ester groups is 2. The fraction of sp³-hybridized carbons (Fsp3) is 0.520. The quantitative estimate of drug-likeness (QED) is 0.0737. The molecule has 0 aromatic carbocycles. The van der Waals surface area contributed by atoms with Gasteiger partial charge in [0.05, 0.1) is 26.9 Å². The molecule has 0 radical (unpaired) electrons. The molecule has 47 heavy (non-hydrogen) atoms. The van der Waals surface area contributed by atoms with Gasteiger partial charge in [-0.1, -0.05) is 0 Å². The molecule has 2 aliphatic heterocycles. The lowest BCUT2D eigenvalue weighted by Gasteiger charge is -2.19. The number of hydrogen-bond acceptors (Lipinski definition) is 16. The number of pyridine rings is 2. The third kappa shape index (κ3) is 10.9. The van der Waals surface area contributed by atoms with E-state index in [1.165, 1.54) is 65.3 Å². The van der Waals surface area contributed by atoms with E-state index in [4.69, 9.17) is 24.0 Å². The first-order valence-corrected chi connectivity index (χ1v) is 16.6. The van der Waals surface area contributed by atoms with E-state index in [0.29, 0.717) is 0 Å². The standard InChI is InChI=1S/C13H18NO9P.C12H16NO9P/c1-2-21-13(17)8-4-3-5-14(6-8)12-11(16)10(15)9(23-12)7-22-24(18,19)20;1-20-12(16)7-3-2-4-13(5-7)11-10(15)9(14)8(22-11)6-21-23(17,18)19/h3-6,9-12,15-16H,2,7H2,1H3,(H-,18,19,20);2-5,8-11,14-15H,6H2,1H3,(H-,17,18,19)/t9-,10+,11?,12-;8-,9+,10?,11-/m11/s1. The maximum Gasteiger partial charge on any atom is 0.344 e. The molecule has 0 amide bonds. The summed E-state index contributed by atoms with van der Waals surface area (Å²) in [6.45, 7) is 0.535. The van der Waals surface area contributed by atoms with Crippen LogP contribution >= 0.6 is 15.6 Å². The number of aliphatic hydroxyl groups excluding tert-OH is 4. The molecule has 0 saturated carbocycles. The number of phosphoric acid groups is 2. The molecule has 262 valence electrons. The van der Waals surface area contributed by atoms with Crippen molar-refractivity contribution < 1.29 is 95.8 Å². The number of hydrogen-bond donors (Lipinski definition) is 6. The minimum Gasteiger partial charge on any atom is -0.756 e. The Bertz CT molecular complexity index is 1470. The number of aliphatic hydroxyl groups is 4. The Morgan fingerprint density at radius 2 is 1.19 bits per heavy atom. The number of methoxy groups -OCH3 is 1. The first-order valence-electron chi connectivity index (χ1n) is 13.6. The normalized spacial score (nSPS) is 29.6. The summed E-state index contributed by atoms with van der Waals surface area (Å²) < 4.78 is 52.4. The molecule has 0 bridgehead atoms. The Morgan fingerprint density at radius 3 is 1.55 bits per heavy atom. The second kappa shape index (κ2) is 16.6. The lowest BCUT2D eigenvalue weighted by molar-refractivity contribution is -0.766. The number of carbonyl (C=O) groups excluding carboxylic acids is 2. The molecule has 4 heterocycles. The molecule has 4 rings (SSSR count). The largest absolute Gasteiger partial charge is 0.756 e. The van der Waals surface area contributed by atoms with Crippen LogP contribution in [0.3, 0.4) is 0 Å². The average molecular weight is 712 g/mol. The zero-order valence-corrected chi connectivity index (χ0v) is 26.5. The van der Waals surface area contributed by atoms with Gasteiger partial charge in [-0.25, -0.2) is 9.59 Å². The zero-order chi connectivity index (χ0) is 35.1. The lowest BCUT2D eigenvalue weighted by atomic mass is 10.1. The van der Waals surface area contributed by atoms with E-state index in [0.717, 1.165) is 0 Å². The van der Waals surface area contributed by atoms with Gasteiger partial charge in [-0.2, -0.15) is 9.13 Å². The molecule has 0 spiro atoms. The lowest BCUT2D eigenvalue weighted by Crippen LogP contribution is -2.46. The summed E-state index contributed by atoms with van der Waals surface area (Å²) in [5, 5.41) is 39.9. The molecule has 0 aliphatic carbocycles. The van der Waals surface area contributed by atoms with Crippen molar-refractivity contribution in [2.45, 2.75) is 56.0 Å². The van der Waals surface area contributed by atoms with Gasteiger partial charge in [-0.3, -0.25) is 9.13 Å². The highest BCUT2D eigenvalue weighted by molar-refractivity contribution is 7.45. The van der Waals surface area contributed by atoms with Crippen molar-refractivity contribution >= 4 is 27.6 Å². The SMILES string of the molecule is CCOC(=O)c1ccc[n+]([C@@H]2O[C@H](COP(=O)([O-])O)[C@H](O)C2O)c1.COC(=O)c1ccc[n+]([C@@H]2O[C@H](COP(=O)([O-])O)[C@H](O)C2O)c1.